The van der Waals surface area contributed by atoms with Crippen molar-refractivity contribution in [1.82, 2.24) is 19.5 Å². The SMILES string of the molecule is c1ccc(-c2cccc(-c3nc(-c4cc5c(cc4-n4c6ccccc6c6cc7ccccc7cc64)oc4ccccc45)nc(-c4cc5ccccc5c5ccccc45)n3)c2)cc1. The number of fused-ring (bicyclic) bond motifs is 10. The molecule has 5 heteroatoms. The summed E-state index contributed by atoms with van der Waals surface area (Å²) in [4.78, 5) is 16.4. The second-order valence-corrected chi connectivity index (χ2v) is 16.0. The van der Waals surface area contributed by atoms with Gasteiger partial charge in [-0.05, 0) is 85.9 Å². The Morgan fingerprint density at radius 1 is 0.306 bits per heavy atom. The highest BCUT2D eigenvalue weighted by Crippen LogP contribution is 2.42. The van der Waals surface area contributed by atoms with E-state index in [9.17, 15) is 0 Å². The Balaban J connectivity index is 1.16. The van der Waals surface area contributed by atoms with Gasteiger partial charge in [0.1, 0.15) is 11.2 Å². The Kier molecular flexibility index (Phi) is 7.54. The third-order valence-corrected chi connectivity index (χ3v) is 12.4. The van der Waals surface area contributed by atoms with E-state index >= 15 is 0 Å². The lowest BCUT2D eigenvalue weighted by molar-refractivity contribution is 0.668. The molecule has 5 nitrogen and oxygen atoms in total. The molecule has 0 unspecified atom stereocenters. The van der Waals surface area contributed by atoms with Crippen LogP contribution in [0.5, 0.6) is 0 Å². The van der Waals surface area contributed by atoms with E-state index in [0.717, 1.165) is 82.6 Å². The molecule has 0 N–H and O–H groups in total. The number of nitrogens with zero attached hydrogens (tertiary/aromatic N) is 4. The molecule has 0 fully saturated rings. The molecule has 0 aliphatic carbocycles. The van der Waals surface area contributed by atoms with Crippen LogP contribution in [-0.2, 0) is 0 Å². The van der Waals surface area contributed by atoms with Crippen LogP contribution in [0.15, 0.2) is 211 Å². The zero-order valence-electron chi connectivity index (χ0n) is 33.3. The number of furan rings is 1. The third-order valence-electron chi connectivity index (χ3n) is 12.4. The van der Waals surface area contributed by atoms with Crippen molar-refractivity contribution in [3.8, 4) is 51.0 Å². The lowest BCUT2D eigenvalue weighted by Gasteiger charge is -2.16. The minimum Gasteiger partial charge on any atom is -0.456 e. The maximum absolute atomic E-state index is 6.64. The van der Waals surface area contributed by atoms with E-state index in [1.807, 2.05) is 18.2 Å². The van der Waals surface area contributed by atoms with Gasteiger partial charge in [0.15, 0.2) is 17.5 Å². The van der Waals surface area contributed by atoms with E-state index < -0.39 is 0 Å². The van der Waals surface area contributed by atoms with Crippen LogP contribution in [0.2, 0.25) is 0 Å². The fraction of sp³-hybridized carbons (Fsp3) is 0. The predicted octanol–water partition coefficient (Wildman–Crippen LogP) is 15.0. The standard InChI is InChI=1S/C57H34N4O/c1-2-15-35(16-3-1)36-20-14-21-40(29-36)55-58-56(48-31-39-19-6-7-22-41(39)42-23-8-9-24-43(42)48)60-57(59-55)49-33-47-45-26-11-13-28-53(45)62-54(47)34-52(49)61-50-27-12-10-25-44(50)46-30-37-17-4-5-18-38(37)32-51(46)61/h1-34H. The van der Waals surface area contributed by atoms with Gasteiger partial charge in [-0.25, -0.2) is 15.0 Å². The van der Waals surface area contributed by atoms with Crippen LogP contribution in [-0.4, -0.2) is 19.5 Å². The average molecular weight is 791 g/mol. The third kappa shape index (κ3) is 5.38. The van der Waals surface area contributed by atoms with Gasteiger partial charge in [-0.3, -0.25) is 0 Å². The van der Waals surface area contributed by atoms with Crippen LogP contribution in [0.4, 0.5) is 0 Å². The van der Waals surface area contributed by atoms with E-state index in [-0.39, 0.29) is 0 Å². The second-order valence-electron chi connectivity index (χ2n) is 16.0. The van der Waals surface area contributed by atoms with Gasteiger partial charge in [0.05, 0.1) is 16.7 Å². The number of rotatable bonds is 5. The number of benzene rings is 10. The Morgan fingerprint density at radius 2 is 0.919 bits per heavy atom. The molecule has 0 aliphatic heterocycles. The monoisotopic (exact) mass is 790 g/mol. The average Bonchev–Trinajstić information content (AvgIpc) is 3.87. The van der Waals surface area contributed by atoms with Crippen LogP contribution >= 0.6 is 0 Å². The zero-order chi connectivity index (χ0) is 40.7. The Bertz CT molecular complexity index is 3940. The van der Waals surface area contributed by atoms with Gasteiger partial charge in [0, 0.05) is 44.3 Å². The van der Waals surface area contributed by atoms with Crippen molar-refractivity contribution in [1.29, 1.82) is 0 Å². The van der Waals surface area contributed by atoms with Gasteiger partial charge < -0.3 is 8.98 Å². The van der Waals surface area contributed by atoms with Gasteiger partial charge in [0.25, 0.3) is 0 Å². The molecule has 3 heterocycles. The van der Waals surface area contributed by atoms with Gasteiger partial charge in [0.2, 0.25) is 0 Å². The summed E-state index contributed by atoms with van der Waals surface area (Å²) in [6.45, 7) is 0. The summed E-state index contributed by atoms with van der Waals surface area (Å²) in [5.74, 6) is 1.77. The summed E-state index contributed by atoms with van der Waals surface area (Å²) in [7, 11) is 0. The summed E-state index contributed by atoms with van der Waals surface area (Å²) in [5.41, 5.74) is 9.65. The smallest absolute Gasteiger partial charge is 0.166 e. The number of hydrogen-bond acceptors (Lipinski definition) is 4. The normalized spacial score (nSPS) is 11.9. The summed E-state index contributed by atoms with van der Waals surface area (Å²) in [5, 5.41) is 11.3. The van der Waals surface area contributed by atoms with Gasteiger partial charge in [-0.2, -0.15) is 0 Å². The Labute approximate surface area is 355 Å². The first kappa shape index (κ1) is 34.5. The first-order chi connectivity index (χ1) is 30.7. The highest BCUT2D eigenvalue weighted by atomic mass is 16.3. The Morgan fingerprint density at radius 3 is 1.76 bits per heavy atom. The van der Waals surface area contributed by atoms with Crippen LogP contribution in [0.3, 0.4) is 0 Å². The van der Waals surface area contributed by atoms with Gasteiger partial charge >= 0.3 is 0 Å². The molecule has 0 bridgehead atoms. The molecule has 0 amide bonds. The van der Waals surface area contributed by atoms with Crippen molar-refractivity contribution in [2.75, 3.05) is 0 Å². The molecule has 0 radical (unpaired) electrons. The number of aromatic nitrogens is 4. The van der Waals surface area contributed by atoms with E-state index in [1.54, 1.807) is 0 Å². The highest BCUT2D eigenvalue weighted by Gasteiger charge is 2.23. The van der Waals surface area contributed by atoms with Gasteiger partial charge in [-0.15, -0.1) is 0 Å². The van der Waals surface area contributed by atoms with E-state index in [2.05, 4.69) is 193 Å². The molecular weight excluding hydrogens is 757 g/mol. The lowest BCUT2D eigenvalue weighted by atomic mass is 9.96. The predicted molar refractivity (Wildman–Crippen MR) is 256 cm³/mol. The molecule has 0 spiro atoms. The molecule has 62 heavy (non-hydrogen) atoms. The first-order valence-electron chi connectivity index (χ1n) is 20.9. The molecule has 288 valence electrons. The van der Waals surface area contributed by atoms with Gasteiger partial charge in [-0.1, -0.05) is 158 Å². The lowest BCUT2D eigenvalue weighted by Crippen LogP contribution is -2.04. The summed E-state index contributed by atoms with van der Waals surface area (Å²) in [6.07, 6.45) is 0. The van der Waals surface area contributed by atoms with Crippen molar-refractivity contribution >= 4 is 76.1 Å². The first-order valence-corrected chi connectivity index (χ1v) is 20.9. The molecule has 13 aromatic rings. The second kappa shape index (κ2) is 13.6. The molecule has 10 aromatic carbocycles. The largest absolute Gasteiger partial charge is 0.456 e. The van der Waals surface area contributed by atoms with E-state index in [0.29, 0.717) is 17.5 Å². The van der Waals surface area contributed by atoms with Crippen molar-refractivity contribution in [3.05, 3.63) is 206 Å². The maximum atomic E-state index is 6.64. The van der Waals surface area contributed by atoms with Crippen LogP contribution in [0.1, 0.15) is 0 Å². The zero-order valence-corrected chi connectivity index (χ0v) is 33.3. The van der Waals surface area contributed by atoms with Crippen molar-refractivity contribution in [2.45, 2.75) is 0 Å². The van der Waals surface area contributed by atoms with Crippen LogP contribution < -0.4 is 0 Å². The number of hydrogen-bond donors (Lipinski definition) is 0. The van der Waals surface area contributed by atoms with Crippen molar-refractivity contribution in [3.63, 3.8) is 0 Å². The molecule has 13 rings (SSSR count). The van der Waals surface area contributed by atoms with E-state index in [1.165, 1.54) is 26.9 Å². The molecule has 3 aromatic heterocycles. The number of para-hydroxylation sites is 2. The summed E-state index contributed by atoms with van der Waals surface area (Å²) < 4.78 is 9.01. The molecule has 0 aliphatic rings. The molecule has 0 saturated heterocycles. The van der Waals surface area contributed by atoms with Crippen LogP contribution in [0.25, 0.3) is 127 Å². The molecule has 0 atom stereocenters. The van der Waals surface area contributed by atoms with Crippen molar-refractivity contribution in [2.24, 2.45) is 0 Å². The Hall–Kier alpha value is -8.41. The quantitative estimate of drug-likeness (QED) is 0.163. The molecule has 0 saturated carbocycles. The highest BCUT2D eigenvalue weighted by molar-refractivity contribution is 6.16. The minimum absolute atomic E-state index is 0.571. The minimum atomic E-state index is 0.571. The molecular formula is C57H34N4O. The fourth-order valence-corrected chi connectivity index (χ4v) is 9.49. The summed E-state index contributed by atoms with van der Waals surface area (Å²) in [6, 6.07) is 72.8. The topological polar surface area (TPSA) is 56.7 Å². The van der Waals surface area contributed by atoms with Crippen molar-refractivity contribution < 1.29 is 4.42 Å². The summed E-state index contributed by atoms with van der Waals surface area (Å²) >= 11 is 0. The van der Waals surface area contributed by atoms with E-state index in [4.69, 9.17) is 19.4 Å². The fourth-order valence-electron chi connectivity index (χ4n) is 9.49. The maximum Gasteiger partial charge on any atom is 0.166 e. The van der Waals surface area contributed by atoms with Crippen LogP contribution in [0, 0.1) is 0 Å².